The summed E-state index contributed by atoms with van der Waals surface area (Å²) in [5, 5.41) is 0. The van der Waals surface area contributed by atoms with E-state index in [1.165, 1.54) is 0 Å². The van der Waals surface area contributed by atoms with Gasteiger partial charge in [-0.25, -0.2) is 0 Å². The van der Waals surface area contributed by atoms with E-state index >= 15 is 0 Å². The number of likely N-dealkylation sites (N-methyl/N-ethyl adjacent to an activating group) is 1. The fraction of sp³-hybridized carbons (Fsp3) is 0.429. The molecule has 0 aromatic heterocycles. The molecule has 0 aromatic rings. The molecule has 0 radical (unpaired) electrons. The lowest BCUT2D eigenvalue weighted by molar-refractivity contribution is 0.496. The van der Waals surface area contributed by atoms with E-state index in [-0.39, 0.29) is 0 Å². The molecule has 2 N–H and O–H groups in total. The zero-order valence-corrected chi connectivity index (χ0v) is 5.89. The molecule has 0 fully saturated rings. The van der Waals surface area contributed by atoms with Crippen LogP contribution in [0.2, 0.25) is 0 Å². The third-order valence-corrected chi connectivity index (χ3v) is 1.47. The predicted octanol–water partition coefficient (Wildman–Crippen LogP) is 0.678. The van der Waals surface area contributed by atoms with Crippen molar-refractivity contribution in [1.82, 2.24) is 4.90 Å². The van der Waals surface area contributed by atoms with Crippen LogP contribution in [-0.2, 0) is 0 Å². The predicted molar refractivity (Wildman–Crippen MR) is 38.7 cm³/mol. The normalized spacial score (nSPS) is 19.1. The van der Waals surface area contributed by atoms with Crippen molar-refractivity contribution in [1.29, 1.82) is 0 Å². The highest BCUT2D eigenvalue weighted by atomic mass is 15.1. The zero-order chi connectivity index (χ0) is 6.85. The van der Waals surface area contributed by atoms with Gasteiger partial charge < -0.3 is 10.6 Å². The van der Waals surface area contributed by atoms with Gasteiger partial charge in [-0.3, -0.25) is 0 Å². The van der Waals surface area contributed by atoms with E-state index in [4.69, 9.17) is 5.73 Å². The molecule has 0 spiro atoms. The van der Waals surface area contributed by atoms with Crippen LogP contribution in [0.1, 0.15) is 6.92 Å². The molecule has 0 saturated heterocycles. The van der Waals surface area contributed by atoms with E-state index in [2.05, 4.69) is 11.1 Å². The molecule has 0 saturated carbocycles. The Morgan fingerprint density at radius 2 is 2.33 bits per heavy atom. The van der Waals surface area contributed by atoms with Crippen LogP contribution in [-0.4, -0.2) is 18.5 Å². The summed E-state index contributed by atoms with van der Waals surface area (Å²) >= 11 is 0. The van der Waals surface area contributed by atoms with Gasteiger partial charge in [0.1, 0.15) is 0 Å². The number of nitrogens with zero attached hydrogens (tertiary/aromatic N) is 1. The number of allylic oxidation sites excluding steroid dienone is 1. The highest BCUT2D eigenvalue weighted by Gasteiger charge is 2.01. The summed E-state index contributed by atoms with van der Waals surface area (Å²) in [5.74, 6) is 0. The molecule has 1 aliphatic rings. The summed E-state index contributed by atoms with van der Waals surface area (Å²) < 4.78 is 0. The molecule has 0 aromatic carbocycles. The Labute approximate surface area is 55.6 Å². The molecule has 2 heteroatoms. The molecule has 9 heavy (non-hydrogen) atoms. The van der Waals surface area contributed by atoms with Gasteiger partial charge in [-0.15, -0.1) is 0 Å². The van der Waals surface area contributed by atoms with Crippen molar-refractivity contribution in [3.63, 3.8) is 0 Å². The largest absolute Gasteiger partial charge is 0.399 e. The van der Waals surface area contributed by atoms with Crippen molar-refractivity contribution in [2.45, 2.75) is 6.92 Å². The summed E-state index contributed by atoms with van der Waals surface area (Å²) in [6.07, 6.45) is 4.07. The van der Waals surface area contributed by atoms with Gasteiger partial charge in [0.05, 0.1) is 0 Å². The Kier molecular flexibility index (Phi) is 1.47. The highest BCUT2D eigenvalue weighted by molar-refractivity contribution is 5.28. The summed E-state index contributed by atoms with van der Waals surface area (Å²) in [6, 6.07) is 0. The molecule has 0 unspecified atom stereocenters. The number of hydrogen-bond acceptors (Lipinski definition) is 2. The molecule has 1 aliphatic heterocycles. The quantitative estimate of drug-likeness (QED) is 0.514. The lowest BCUT2D eigenvalue weighted by atomic mass is 10.2. The lowest BCUT2D eigenvalue weighted by Crippen LogP contribution is -2.18. The first kappa shape index (κ1) is 6.20. The number of nitrogens with two attached hydrogens (primary N) is 1. The van der Waals surface area contributed by atoms with Gasteiger partial charge in [0.15, 0.2) is 0 Å². The molecule has 2 nitrogen and oxygen atoms in total. The van der Waals surface area contributed by atoms with Gasteiger partial charge in [0.25, 0.3) is 0 Å². The third-order valence-electron chi connectivity index (χ3n) is 1.47. The van der Waals surface area contributed by atoms with Crippen molar-refractivity contribution in [2.24, 2.45) is 5.73 Å². The third kappa shape index (κ3) is 1.25. The van der Waals surface area contributed by atoms with Crippen LogP contribution in [0, 0.1) is 0 Å². The van der Waals surface area contributed by atoms with E-state index in [0.29, 0.717) is 0 Å². The van der Waals surface area contributed by atoms with E-state index < -0.39 is 0 Å². The molecule has 1 heterocycles. The number of rotatable bonds is 0. The summed E-state index contributed by atoms with van der Waals surface area (Å²) in [4.78, 5) is 2.10. The monoisotopic (exact) mass is 124 g/mol. The van der Waals surface area contributed by atoms with Crippen LogP contribution in [0.3, 0.4) is 0 Å². The zero-order valence-electron chi connectivity index (χ0n) is 5.89. The minimum absolute atomic E-state index is 0.910. The lowest BCUT2D eigenvalue weighted by Gasteiger charge is -2.18. The maximum Gasteiger partial charge on any atom is 0.0373 e. The molecule has 50 valence electrons. The van der Waals surface area contributed by atoms with Crippen LogP contribution < -0.4 is 5.73 Å². The SMILES string of the molecule is CC1=CN(C)CC=C1N. The Bertz CT molecular complexity index is 168. The van der Waals surface area contributed by atoms with Crippen LogP contribution >= 0.6 is 0 Å². The topological polar surface area (TPSA) is 29.3 Å². The average Bonchev–Trinajstić information content (AvgIpc) is 1.80. The standard InChI is InChI=1S/C7H12N2/c1-6-5-9(2)4-3-7(6)8/h3,5H,4,8H2,1-2H3. The second-order valence-corrected chi connectivity index (χ2v) is 2.41. The minimum Gasteiger partial charge on any atom is -0.399 e. The van der Waals surface area contributed by atoms with Crippen LogP contribution in [0.25, 0.3) is 0 Å². The Morgan fingerprint density at radius 3 is 2.78 bits per heavy atom. The summed E-state index contributed by atoms with van der Waals surface area (Å²) in [5.41, 5.74) is 7.67. The maximum absolute atomic E-state index is 5.61. The maximum atomic E-state index is 5.61. The van der Waals surface area contributed by atoms with E-state index in [9.17, 15) is 0 Å². The van der Waals surface area contributed by atoms with Gasteiger partial charge in [-0.2, -0.15) is 0 Å². The molecule has 0 atom stereocenters. The van der Waals surface area contributed by atoms with E-state index in [1.54, 1.807) is 0 Å². The van der Waals surface area contributed by atoms with E-state index in [0.717, 1.165) is 17.8 Å². The summed E-state index contributed by atoms with van der Waals surface area (Å²) in [6.45, 7) is 2.95. The van der Waals surface area contributed by atoms with Gasteiger partial charge in [0.2, 0.25) is 0 Å². The second kappa shape index (κ2) is 2.13. The Balaban J connectivity index is 2.75. The van der Waals surface area contributed by atoms with E-state index in [1.807, 2.05) is 20.0 Å². The molecular formula is C7H12N2. The fourth-order valence-electron chi connectivity index (χ4n) is 0.861. The van der Waals surface area contributed by atoms with Crippen LogP contribution in [0.15, 0.2) is 23.5 Å². The second-order valence-electron chi connectivity index (χ2n) is 2.41. The van der Waals surface area contributed by atoms with Crippen LogP contribution in [0.4, 0.5) is 0 Å². The van der Waals surface area contributed by atoms with Crippen LogP contribution in [0.5, 0.6) is 0 Å². The van der Waals surface area contributed by atoms with Crippen molar-refractivity contribution < 1.29 is 0 Å². The molecule has 0 bridgehead atoms. The first-order chi connectivity index (χ1) is 4.20. The fourth-order valence-corrected chi connectivity index (χ4v) is 0.861. The van der Waals surface area contributed by atoms with Gasteiger partial charge >= 0.3 is 0 Å². The molecule has 0 amide bonds. The smallest absolute Gasteiger partial charge is 0.0373 e. The first-order valence-corrected chi connectivity index (χ1v) is 3.05. The summed E-state index contributed by atoms with van der Waals surface area (Å²) in [7, 11) is 2.03. The van der Waals surface area contributed by atoms with Gasteiger partial charge in [-0.1, -0.05) is 0 Å². The molecule has 1 rings (SSSR count). The Hall–Kier alpha value is -0.920. The van der Waals surface area contributed by atoms with Crippen molar-refractivity contribution >= 4 is 0 Å². The van der Waals surface area contributed by atoms with Crippen molar-refractivity contribution in [2.75, 3.05) is 13.6 Å². The highest BCUT2D eigenvalue weighted by Crippen LogP contribution is 2.08. The first-order valence-electron chi connectivity index (χ1n) is 3.05. The van der Waals surface area contributed by atoms with Crippen molar-refractivity contribution in [3.8, 4) is 0 Å². The van der Waals surface area contributed by atoms with Gasteiger partial charge in [-0.05, 0) is 18.6 Å². The molecular weight excluding hydrogens is 112 g/mol. The number of hydrogen-bond donors (Lipinski definition) is 1. The van der Waals surface area contributed by atoms with Crippen molar-refractivity contribution in [3.05, 3.63) is 23.5 Å². The van der Waals surface area contributed by atoms with Gasteiger partial charge in [0, 0.05) is 25.5 Å². The molecule has 0 aliphatic carbocycles. The minimum atomic E-state index is 0.910. The average molecular weight is 124 g/mol. The Morgan fingerprint density at radius 1 is 1.67 bits per heavy atom.